The number of fused-ring (bicyclic) bond motifs is 1. The lowest BCUT2D eigenvalue weighted by molar-refractivity contribution is 0.479. The Balaban J connectivity index is 1.59. The molecule has 0 saturated carbocycles. The number of benzene rings is 2. The van der Waals surface area contributed by atoms with E-state index in [1.807, 2.05) is 19.4 Å². The van der Waals surface area contributed by atoms with Crippen molar-refractivity contribution in [3.63, 3.8) is 0 Å². The van der Waals surface area contributed by atoms with Gasteiger partial charge in [0.2, 0.25) is 0 Å². The predicted molar refractivity (Wildman–Crippen MR) is 126 cm³/mol. The largest absolute Gasteiger partial charge is 0.382 e. The Labute approximate surface area is 190 Å². The van der Waals surface area contributed by atoms with Crippen LogP contribution in [0.4, 0.5) is 21.6 Å². The number of piperidine rings is 1. The van der Waals surface area contributed by atoms with Crippen LogP contribution in [0.2, 0.25) is 5.02 Å². The average molecular weight is 452 g/mol. The van der Waals surface area contributed by atoms with E-state index in [9.17, 15) is 4.39 Å². The molecule has 164 valence electrons. The van der Waals surface area contributed by atoms with E-state index in [2.05, 4.69) is 43.1 Å². The van der Waals surface area contributed by atoms with Crippen molar-refractivity contribution in [3.05, 3.63) is 59.9 Å². The zero-order valence-electron chi connectivity index (χ0n) is 17.6. The van der Waals surface area contributed by atoms with E-state index in [0.29, 0.717) is 17.5 Å². The van der Waals surface area contributed by atoms with Gasteiger partial charge in [0.25, 0.3) is 0 Å². The Morgan fingerprint density at radius 2 is 2.00 bits per heavy atom. The lowest BCUT2D eigenvalue weighted by Crippen LogP contribution is -2.35. The fourth-order valence-corrected chi connectivity index (χ4v) is 4.20. The number of rotatable bonds is 5. The van der Waals surface area contributed by atoms with Crippen molar-refractivity contribution in [1.82, 2.24) is 25.1 Å². The monoisotopic (exact) mass is 451 g/mol. The second-order valence-corrected chi connectivity index (χ2v) is 8.37. The predicted octanol–water partition coefficient (Wildman–Crippen LogP) is 4.73. The molecule has 1 aliphatic heterocycles. The Kier molecular flexibility index (Phi) is 5.63. The molecule has 5 rings (SSSR count). The third-order valence-corrected chi connectivity index (χ3v) is 5.96. The summed E-state index contributed by atoms with van der Waals surface area (Å²) in [6.07, 6.45) is 7.47. The Morgan fingerprint density at radius 3 is 2.75 bits per heavy atom. The summed E-state index contributed by atoms with van der Waals surface area (Å²) in [5.74, 6) is 0.170. The van der Waals surface area contributed by atoms with E-state index in [1.54, 1.807) is 16.8 Å². The minimum absolute atomic E-state index is 0.0560. The van der Waals surface area contributed by atoms with Crippen LogP contribution in [0, 0.1) is 5.82 Å². The molecule has 32 heavy (non-hydrogen) atoms. The molecule has 0 unspecified atom stereocenters. The van der Waals surface area contributed by atoms with Crippen LogP contribution in [0.1, 0.15) is 12.8 Å². The van der Waals surface area contributed by atoms with Gasteiger partial charge in [-0.05, 0) is 56.3 Å². The molecule has 4 aromatic rings. The standard InChI is InChI=1S/C23H23ClFN7/c1-32-12-14(11-29-32)17-9-21-18(10-22(17)30-15-4-6-26-7-5-15)23(28-13-27-21)31-16-2-3-20(25)19(24)8-16/h2-3,8-13,15,26,30H,4-7H2,1H3,(H,27,28,31). The molecule has 2 aromatic carbocycles. The maximum Gasteiger partial charge on any atom is 0.141 e. The summed E-state index contributed by atoms with van der Waals surface area (Å²) in [4.78, 5) is 8.93. The molecular formula is C23H23ClFN7. The van der Waals surface area contributed by atoms with Gasteiger partial charge in [-0.1, -0.05) is 11.6 Å². The van der Waals surface area contributed by atoms with Crippen molar-refractivity contribution >= 4 is 39.7 Å². The van der Waals surface area contributed by atoms with Crippen LogP contribution in [-0.2, 0) is 7.05 Å². The van der Waals surface area contributed by atoms with Gasteiger partial charge in [0.05, 0.1) is 16.7 Å². The number of aryl methyl sites for hydroxylation is 1. The SMILES string of the molecule is Cn1cc(-c2cc3ncnc(Nc4ccc(F)c(Cl)c4)c3cc2NC2CCNCC2)cn1. The molecule has 3 heterocycles. The van der Waals surface area contributed by atoms with Crippen LogP contribution < -0.4 is 16.0 Å². The van der Waals surface area contributed by atoms with E-state index < -0.39 is 5.82 Å². The van der Waals surface area contributed by atoms with Crippen molar-refractivity contribution in [3.8, 4) is 11.1 Å². The summed E-state index contributed by atoms with van der Waals surface area (Å²) >= 11 is 5.95. The van der Waals surface area contributed by atoms with Gasteiger partial charge in [0.15, 0.2) is 0 Å². The van der Waals surface area contributed by atoms with E-state index in [0.717, 1.165) is 53.6 Å². The van der Waals surface area contributed by atoms with Gasteiger partial charge in [-0.25, -0.2) is 14.4 Å². The van der Waals surface area contributed by atoms with Crippen LogP contribution in [-0.4, -0.2) is 38.9 Å². The molecule has 0 atom stereocenters. The fourth-order valence-electron chi connectivity index (χ4n) is 4.02. The minimum atomic E-state index is -0.459. The first-order valence-electron chi connectivity index (χ1n) is 10.5. The smallest absolute Gasteiger partial charge is 0.141 e. The van der Waals surface area contributed by atoms with Crippen LogP contribution in [0.3, 0.4) is 0 Å². The van der Waals surface area contributed by atoms with Crippen LogP contribution in [0.5, 0.6) is 0 Å². The summed E-state index contributed by atoms with van der Waals surface area (Å²) < 4.78 is 15.4. The van der Waals surface area contributed by atoms with Gasteiger partial charge in [-0.3, -0.25) is 4.68 Å². The molecule has 9 heteroatoms. The first kappa shape index (κ1) is 20.7. The molecule has 3 N–H and O–H groups in total. The third kappa shape index (κ3) is 4.24. The number of hydrogen-bond donors (Lipinski definition) is 3. The maximum absolute atomic E-state index is 13.6. The first-order valence-corrected chi connectivity index (χ1v) is 10.9. The Hall–Kier alpha value is -3.23. The number of aromatic nitrogens is 4. The quantitative estimate of drug-likeness (QED) is 0.407. The summed E-state index contributed by atoms with van der Waals surface area (Å²) in [5, 5.41) is 15.6. The normalized spacial score (nSPS) is 14.6. The second kappa shape index (κ2) is 8.72. The minimum Gasteiger partial charge on any atom is -0.382 e. The molecule has 0 aliphatic carbocycles. The lowest BCUT2D eigenvalue weighted by Gasteiger charge is -2.26. The summed E-state index contributed by atoms with van der Waals surface area (Å²) in [6, 6.07) is 9.02. The first-order chi connectivity index (χ1) is 15.6. The van der Waals surface area contributed by atoms with Gasteiger partial charge in [-0.15, -0.1) is 0 Å². The van der Waals surface area contributed by atoms with Crippen molar-refractivity contribution in [1.29, 1.82) is 0 Å². The highest BCUT2D eigenvalue weighted by atomic mass is 35.5. The zero-order chi connectivity index (χ0) is 22.1. The number of halogens is 2. The number of anilines is 3. The Bertz CT molecular complexity index is 1270. The zero-order valence-corrected chi connectivity index (χ0v) is 18.3. The number of hydrogen-bond acceptors (Lipinski definition) is 6. The molecule has 7 nitrogen and oxygen atoms in total. The highest BCUT2D eigenvalue weighted by molar-refractivity contribution is 6.31. The second-order valence-electron chi connectivity index (χ2n) is 7.96. The number of nitrogens with one attached hydrogen (secondary N) is 3. The van der Waals surface area contributed by atoms with Gasteiger partial charge in [0.1, 0.15) is 18.0 Å². The van der Waals surface area contributed by atoms with E-state index in [1.165, 1.54) is 12.4 Å². The van der Waals surface area contributed by atoms with Gasteiger partial charge in [0, 0.05) is 47.2 Å². The van der Waals surface area contributed by atoms with E-state index in [4.69, 9.17) is 11.6 Å². The van der Waals surface area contributed by atoms with Crippen molar-refractivity contribution in [2.24, 2.45) is 7.05 Å². The fraction of sp³-hybridized carbons (Fsp3) is 0.261. The van der Waals surface area contributed by atoms with Crippen molar-refractivity contribution < 1.29 is 4.39 Å². The lowest BCUT2D eigenvalue weighted by atomic mass is 10.0. The molecule has 0 spiro atoms. The average Bonchev–Trinajstić information content (AvgIpc) is 3.23. The summed E-state index contributed by atoms with van der Waals surface area (Å²) in [7, 11) is 1.91. The van der Waals surface area contributed by atoms with Crippen molar-refractivity contribution in [2.45, 2.75) is 18.9 Å². The Morgan fingerprint density at radius 1 is 1.16 bits per heavy atom. The van der Waals surface area contributed by atoms with Gasteiger partial charge >= 0.3 is 0 Å². The molecule has 0 bridgehead atoms. The molecule has 1 saturated heterocycles. The van der Waals surface area contributed by atoms with Crippen LogP contribution in [0.15, 0.2) is 49.1 Å². The molecule has 2 aromatic heterocycles. The summed E-state index contributed by atoms with van der Waals surface area (Å²) in [5.41, 5.74) is 4.52. The highest BCUT2D eigenvalue weighted by Crippen LogP contribution is 2.35. The van der Waals surface area contributed by atoms with E-state index in [-0.39, 0.29) is 5.02 Å². The van der Waals surface area contributed by atoms with E-state index >= 15 is 0 Å². The maximum atomic E-state index is 13.6. The van der Waals surface area contributed by atoms with Crippen LogP contribution in [0.25, 0.3) is 22.0 Å². The molecule has 0 radical (unpaired) electrons. The number of nitrogens with zero attached hydrogens (tertiary/aromatic N) is 4. The van der Waals surface area contributed by atoms with Gasteiger partial charge in [-0.2, -0.15) is 5.10 Å². The summed E-state index contributed by atoms with van der Waals surface area (Å²) in [6.45, 7) is 1.99. The molecule has 1 aliphatic rings. The molecule has 1 fully saturated rings. The topological polar surface area (TPSA) is 79.7 Å². The van der Waals surface area contributed by atoms with Gasteiger partial charge < -0.3 is 16.0 Å². The van der Waals surface area contributed by atoms with Crippen molar-refractivity contribution in [2.75, 3.05) is 23.7 Å². The third-order valence-electron chi connectivity index (χ3n) is 5.67. The molecule has 0 amide bonds. The molecular weight excluding hydrogens is 429 g/mol. The highest BCUT2D eigenvalue weighted by Gasteiger charge is 2.18. The van der Waals surface area contributed by atoms with Crippen LogP contribution >= 0.6 is 11.6 Å².